The molecule has 2 aromatic carbocycles. The fourth-order valence-corrected chi connectivity index (χ4v) is 4.11. The number of anilines is 1. The van der Waals surface area contributed by atoms with E-state index >= 15 is 0 Å². The summed E-state index contributed by atoms with van der Waals surface area (Å²) < 4.78 is 4.94. The van der Waals surface area contributed by atoms with Gasteiger partial charge in [-0.05, 0) is 17.7 Å². The van der Waals surface area contributed by atoms with Crippen molar-refractivity contribution in [2.75, 3.05) is 5.32 Å². The normalized spacial score (nSPS) is 11.7. The minimum absolute atomic E-state index is 0.255. The Morgan fingerprint density at radius 1 is 1.17 bits per heavy atom. The Labute approximate surface area is 140 Å². The molecule has 0 saturated carbocycles. The highest BCUT2D eigenvalue weighted by molar-refractivity contribution is 7.20. The van der Waals surface area contributed by atoms with Gasteiger partial charge in [0.05, 0.1) is 10.6 Å². The number of nitrogens with one attached hydrogen (secondary N) is 1. The molecule has 2 heterocycles. The van der Waals surface area contributed by atoms with Crippen molar-refractivity contribution < 1.29 is 9.32 Å². The molecule has 0 atom stereocenters. The molecular formula is C18H11N3O2S. The number of aromatic nitrogens is 2. The van der Waals surface area contributed by atoms with Crippen molar-refractivity contribution >= 4 is 33.1 Å². The van der Waals surface area contributed by atoms with Gasteiger partial charge in [0.2, 0.25) is 0 Å². The number of rotatable bonds is 2. The Balaban J connectivity index is 1.56. The monoisotopic (exact) mass is 333 g/mol. The van der Waals surface area contributed by atoms with Gasteiger partial charge in [0.1, 0.15) is 5.76 Å². The number of nitrogens with zero attached hydrogens (tertiary/aromatic N) is 2. The molecule has 0 fully saturated rings. The van der Waals surface area contributed by atoms with Crippen LogP contribution in [0.3, 0.4) is 0 Å². The zero-order valence-corrected chi connectivity index (χ0v) is 13.5. The maximum absolute atomic E-state index is 12.2. The molecular weight excluding hydrogens is 322 g/mol. The third kappa shape index (κ3) is 1.83. The van der Waals surface area contributed by atoms with Gasteiger partial charge in [-0.1, -0.05) is 52.9 Å². The van der Waals surface area contributed by atoms with E-state index in [-0.39, 0.29) is 11.6 Å². The fraction of sp³-hybridized carbons (Fsp3) is 0.0556. The van der Waals surface area contributed by atoms with Crippen LogP contribution in [0.4, 0.5) is 5.13 Å². The van der Waals surface area contributed by atoms with Crippen molar-refractivity contribution in [3.8, 4) is 21.7 Å². The molecule has 0 radical (unpaired) electrons. The largest absolute Gasteiger partial charge is 0.361 e. The highest BCUT2D eigenvalue weighted by Gasteiger charge is 2.26. The average molecular weight is 333 g/mol. The molecule has 5 rings (SSSR count). The minimum atomic E-state index is -0.314. The van der Waals surface area contributed by atoms with Gasteiger partial charge in [0.15, 0.2) is 10.8 Å². The average Bonchev–Trinajstić information content (AvgIpc) is 3.26. The molecule has 0 aliphatic heterocycles. The topological polar surface area (TPSA) is 68.0 Å². The molecule has 1 N–H and O–H groups in total. The lowest BCUT2D eigenvalue weighted by molar-refractivity contribution is 0.101. The van der Waals surface area contributed by atoms with E-state index in [0.29, 0.717) is 10.9 Å². The predicted octanol–water partition coefficient (Wildman–Crippen LogP) is 4.49. The van der Waals surface area contributed by atoms with Crippen LogP contribution in [-0.2, 0) is 0 Å². The van der Waals surface area contributed by atoms with E-state index in [2.05, 4.69) is 39.7 Å². The molecule has 2 aromatic heterocycles. The van der Waals surface area contributed by atoms with Gasteiger partial charge >= 0.3 is 0 Å². The summed E-state index contributed by atoms with van der Waals surface area (Å²) in [5.74, 6) is 0.285. The summed E-state index contributed by atoms with van der Waals surface area (Å²) in [6.45, 7) is 1.75. The standard InChI is InChI=1S/C18H11N3O2S/c1-9-8-13(21-23-9)17(22)20-18-19-15-11-6-2-4-10-5-3-7-12(14(10)11)16(15)24-18/h2-8H,1H3,(H,19,20,22). The minimum Gasteiger partial charge on any atom is -0.361 e. The van der Waals surface area contributed by atoms with E-state index in [1.54, 1.807) is 13.0 Å². The van der Waals surface area contributed by atoms with Crippen LogP contribution in [0.25, 0.3) is 32.5 Å². The smallest absolute Gasteiger partial charge is 0.279 e. The van der Waals surface area contributed by atoms with Gasteiger partial charge in [0.25, 0.3) is 5.91 Å². The summed E-state index contributed by atoms with van der Waals surface area (Å²) in [5, 5.41) is 9.55. The lowest BCUT2D eigenvalue weighted by Gasteiger charge is -2.02. The molecule has 24 heavy (non-hydrogen) atoms. The molecule has 1 amide bonds. The van der Waals surface area contributed by atoms with E-state index in [0.717, 1.165) is 16.1 Å². The number of aryl methyl sites for hydroxylation is 1. The molecule has 0 bridgehead atoms. The Morgan fingerprint density at radius 3 is 2.71 bits per heavy atom. The first kappa shape index (κ1) is 13.4. The summed E-state index contributed by atoms with van der Waals surface area (Å²) in [6.07, 6.45) is 0. The van der Waals surface area contributed by atoms with Gasteiger partial charge < -0.3 is 4.52 Å². The summed E-state index contributed by atoms with van der Waals surface area (Å²) in [5.41, 5.74) is 3.48. The van der Waals surface area contributed by atoms with Crippen molar-refractivity contribution in [1.29, 1.82) is 0 Å². The summed E-state index contributed by atoms with van der Waals surface area (Å²) in [4.78, 5) is 17.9. The lowest BCUT2D eigenvalue weighted by atomic mass is 10.0. The van der Waals surface area contributed by atoms with Crippen LogP contribution < -0.4 is 5.32 Å². The van der Waals surface area contributed by atoms with Gasteiger partial charge in [-0.2, -0.15) is 0 Å². The highest BCUT2D eigenvalue weighted by atomic mass is 32.1. The Kier molecular flexibility index (Phi) is 2.66. The molecule has 0 unspecified atom stereocenters. The Bertz CT molecular complexity index is 1070. The van der Waals surface area contributed by atoms with Crippen LogP contribution in [0.2, 0.25) is 0 Å². The van der Waals surface area contributed by atoms with Gasteiger partial charge in [-0.25, -0.2) is 4.98 Å². The zero-order valence-electron chi connectivity index (χ0n) is 12.7. The van der Waals surface area contributed by atoms with Crippen LogP contribution in [0.15, 0.2) is 47.0 Å². The maximum Gasteiger partial charge on any atom is 0.279 e. The third-order valence-corrected chi connectivity index (χ3v) is 5.12. The molecule has 4 aromatic rings. The Morgan fingerprint density at radius 2 is 1.96 bits per heavy atom. The van der Waals surface area contributed by atoms with Crippen LogP contribution in [0.5, 0.6) is 0 Å². The quantitative estimate of drug-likeness (QED) is 0.517. The van der Waals surface area contributed by atoms with Gasteiger partial charge in [-0.3, -0.25) is 10.1 Å². The second-order valence-electron chi connectivity index (χ2n) is 5.68. The predicted molar refractivity (Wildman–Crippen MR) is 93.2 cm³/mol. The molecule has 0 spiro atoms. The first-order valence-electron chi connectivity index (χ1n) is 7.49. The number of amides is 1. The van der Waals surface area contributed by atoms with E-state index in [1.807, 2.05) is 12.1 Å². The van der Waals surface area contributed by atoms with Crippen molar-refractivity contribution in [3.05, 3.63) is 53.9 Å². The number of carbonyl (C=O) groups is 1. The van der Waals surface area contributed by atoms with E-state index < -0.39 is 0 Å². The first-order valence-corrected chi connectivity index (χ1v) is 8.30. The second kappa shape index (κ2) is 4.75. The molecule has 5 nitrogen and oxygen atoms in total. The molecule has 0 saturated heterocycles. The van der Waals surface area contributed by atoms with Gasteiger partial charge in [0, 0.05) is 17.2 Å². The number of benzene rings is 2. The van der Waals surface area contributed by atoms with Crippen LogP contribution in [-0.4, -0.2) is 16.0 Å². The molecule has 1 aliphatic carbocycles. The number of fused-ring (bicyclic) bond motifs is 3. The second-order valence-corrected chi connectivity index (χ2v) is 6.68. The summed E-state index contributed by atoms with van der Waals surface area (Å²) >= 11 is 1.48. The SMILES string of the molecule is Cc1cc(C(=O)Nc2nc3c(s2)-c2cccc4cccc-3c24)no1. The van der Waals surface area contributed by atoms with Crippen LogP contribution >= 0.6 is 11.3 Å². The highest BCUT2D eigenvalue weighted by Crippen LogP contribution is 2.50. The first-order chi connectivity index (χ1) is 11.7. The number of carbonyl (C=O) groups excluding carboxylic acids is 1. The number of hydrogen-bond donors (Lipinski definition) is 1. The van der Waals surface area contributed by atoms with Crippen LogP contribution in [0.1, 0.15) is 16.2 Å². The molecule has 116 valence electrons. The maximum atomic E-state index is 12.2. The van der Waals surface area contributed by atoms with Crippen molar-refractivity contribution in [3.63, 3.8) is 0 Å². The van der Waals surface area contributed by atoms with Crippen molar-refractivity contribution in [1.82, 2.24) is 10.1 Å². The third-order valence-electron chi connectivity index (χ3n) is 4.11. The lowest BCUT2D eigenvalue weighted by Crippen LogP contribution is -2.11. The summed E-state index contributed by atoms with van der Waals surface area (Å²) in [6, 6.07) is 14.1. The zero-order chi connectivity index (χ0) is 16.3. The molecule has 1 aliphatic rings. The van der Waals surface area contributed by atoms with Gasteiger partial charge in [-0.15, -0.1) is 0 Å². The Hall–Kier alpha value is -2.99. The molecule has 6 heteroatoms. The van der Waals surface area contributed by atoms with E-state index in [1.165, 1.54) is 27.7 Å². The van der Waals surface area contributed by atoms with E-state index in [9.17, 15) is 4.79 Å². The summed E-state index contributed by atoms with van der Waals surface area (Å²) in [7, 11) is 0. The van der Waals surface area contributed by atoms with Crippen molar-refractivity contribution in [2.45, 2.75) is 6.92 Å². The fourth-order valence-electron chi connectivity index (χ4n) is 3.10. The number of thiazole rings is 1. The van der Waals surface area contributed by atoms with Crippen LogP contribution in [0, 0.1) is 6.92 Å². The van der Waals surface area contributed by atoms with E-state index in [4.69, 9.17) is 4.52 Å². The number of hydrogen-bond acceptors (Lipinski definition) is 5. The van der Waals surface area contributed by atoms with Crippen molar-refractivity contribution in [2.24, 2.45) is 0 Å².